The number of hydrogen-bond acceptors (Lipinski definition) is 6. The quantitative estimate of drug-likeness (QED) is 0.404. The Labute approximate surface area is 142 Å². The van der Waals surface area contributed by atoms with Gasteiger partial charge in [-0.3, -0.25) is 4.79 Å². The van der Waals surface area contributed by atoms with E-state index >= 15 is 0 Å². The summed E-state index contributed by atoms with van der Waals surface area (Å²) in [5.74, 6) is -0.608. The zero-order chi connectivity index (χ0) is 18.3. The lowest BCUT2D eigenvalue weighted by molar-refractivity contribution is -0.194. The Bertz CT molecular complexity index is 595. The summed E-state index contributed by atoms with van der Waals surface area (Å²) in [5.41, 5.74) is 1.44. The summed E-state index contributed by atoms with van der Waals surface area (Å²) >= 11 is 0. The molecule has 1 saturated heterocycles. The van der Waals surface area contributed by atoms with Crippen LogP contribution in [0.3, 0.4) is 0 Å². The van der Waals surface area contributed by atoms with Crippen molar-refractivity contribution in [2.75, 3.05) is 0 Å². The van der Waals surface area contributed by atoms with E-state index < -0.39 is 41.6 Å². The third-order valence-electron chi connectivity index (χ3n) is 4.53. The molecular formula is C18H26O6. The maximum absolute atomic E-state index is 11.5. The van der Waals surface area contributed by atoms with Gasteiger partial charge in [0.25, 0.3) is 0 Å². The van der Waals surface area contributed by atoms with E-state index in [0.29, 0.717) is 5.57 Å². The van der Waals surface area contributed by atoms with Gasteiger partial charge in [-0.1, -0.05) is 12.2 Å². The molecule has 0 aromatic carbocycles. The Hall–Kier alpha value is -1.43. The van der Waals surface area contributed by atoms with E-state index in [1.54, 1.807) is 26.8 Å². The molecule has 2 fully saturated rings. The van der Waals surface area contributed by atoms with E-state index in [1.807, 2.05) is 0 Å². The molecule has 0 bridgehead atoms. The van der Waals surface area contributed by atoms with E-state index in [9.17, 15) is 20.1 Å². The molecule has 2 aliphatic rings. The van der Waals surface area contributed by atoms with Crippen LogP contribution in [0.15, 0.2) is 29.5 Å². The van der Waals surface area contributed by atoms with Crippen LogP contribution in [0, 0.1) is 0 Å². The van der Waals surface area contributed by atoms with Gasteiger partial charge in [0.05, 0.1) is 17.8 Å². The summed E-state index contributed by atoms with van der Waals surface area (Å²) in [4.78, 5) is 11.5. The number of aliphatic hydroxyl groups is 3. The standard InChI is InChI=1S/C18H26O6/c1-10(2)6-7-12-8-13-18(22,9-14(24-13)17(4,5)21)16(15(12)20)23-11(3)19/h6,13-16,20-22H,1,8-9H2,2-5H3/t7?,13-,14+,15+,16-,18-/m0/s1. The number of fused-ring (bicyclic) bond motifs is 1. The van der Waals surface area contributed by atoms with Crippen LogP contribution in [0.4, 0.5) is 0 Å². The first-order chi connectivity index (χ1) is 10.9. The average molecular weight is 338 g/mol. The number of esters is 1. The summed E-state index contributed by atoms with van der Waals surface area (Å²) < 4.78 is 11.1. The molecule has 3 N–H and O–H groups in total. The summed E-state index contributed by atoms with van der Waals surface area (Å²) in [6.45, 7) is 9.93. The van der Waals surface area contributed by atoms with Crippen molar-refractivity contribution < 1.29 is 29.6 Å². The van der Waals surface area contributed by atoms with Gasteiger partial charge in [0.2, 0.25) is 0 Å². The predicted octanol–water partition coefficient (Wildman–Crippen LogP) is 1.000. The highest BCUT2D eigenvalue weighted by Gasteiger charge is 2.61. The molecule has 6 heteroatoms. The van der Waals surface area contributed by atoms with Crippen molar-refractivity contribution in [3.63, 3.8) is 0 Å². The summed E-state index contributed by atoms with van der Waals surface area (Å²) in [6, 6.07) is 0. The number of allylic oxidation sites excluding steroid dienone is 1. The van der Waals surface area contributed by atoms with Gasteiger partial charge in [-0.05, 0) is 26.8 Å². The zero-order valence-electron chi connectivity index (χ0n) is 14.6. The minimum absolute atomic E-state index is 0.0631. The van der Waals surface area contributed by atoms with Crippen LogP contribution in [-0.4, -0.2) is 56.9 Å². The number of rotatable bonds is 3. The molecule has 24 heavy (non-hydrogen) atoms. The smallest absolute Gasteiger partial charge is 0.303 e. The largest absolute Gasteiger partial charge is 0.456 e. The van der Waals surface area contributed by atoms with Crippen molar-refractivity contribution in [2.45, 2.75) is 76.2 Å². The van der Waals surface area contributed by atoms with Gasteiger partial charge >= 0.3 is 5.97 Å². The van der Waals surface area contributed by atoms with E-state index in [-0.39, 0.29) is 12.8 Å². The molecule has 1 aliphatic carbocycles. The third-order valence-corrected chi connectivity index (χ3v) is 4.53. The maximum atomic E-state index is 11.5. The molecular weight excluding hydrogens is 312 g/mol. The lowest BCUT2D eigenvalue weighted by Gasteiger charge is -2.42. The van der Waals surface area contributed by atoms with Crippen LogP contribution in [0.25, 0.3) is 0 Å². The second-order valence-corrected chi connectivity index (χ2v) is 7.30. The molecule has 0 aromatic rings. The number of carbonyl (C=O) groups is 1. The minimum Gasteiger partial charge on any atom is -0.456 e. The fraction of sp³-hybridized carbons (Fsp3) is 0.667. The van der Waals surface area contributed by atoms with Gasteiger partial charge < -0.3 is 24.8 Å². The lowest BCUT2D eigenvalue weighted by Crippen LogP contribution is -2.60. The summed E-state index contributed by atoms with van der Waals surface area (Å²) in [6.07, 6.45) is -1.81. The van der Waals surface area contributed by atoms with Crippen LogP contribution in [0.5, 0.6) is 0 Å². The van der Waals surface area contributed by atoms with E-state index in [0.717, 1.165) is 5.57 Å². The fourth-order valence-corrected chi connectivity index (χ4v) is 3.22. The summed E-state index contributed by atoms with van der Waals surface area (Å²) in [5, 5.41) is 31.9. The molecule has 1 aliphatic heterocycles. The van der Waals surface area contributed by atoms with Gasteiger partial charge in [0.15, 0.2) is 6.10 Å². The van der Waals surface area contributed by atoms with Crippen LogP contribution in [0.2, 0.25) is 0 Å². The summed E-state index contributed by atoms with van der Waals surface area (Å²) in [7, 11) is 0. The predicted molar refractivity (Wildman–Crippen MR) is 87.1 cm³/mol. The Kier molecular flexibility index (Phi) is 5.09. The Morgan fingerprint density at radius 2 is 2.12 bits per heavy atom. The Morgan fingerprint density at radius 1 is 1.50 bits per heavy atom. The average Bonchev–Trinajstić information content (AvgIpc) is 2.78. The third kappa shape index (κ3) is 3.63. The molecule has 1 saturated carbocycles. The fourth-order valence-electron chi connectivity index (χ4n) is 3.22. The number of carbonyl (C=O) groups excluding carboxylic acids is 1. The number of hydrogen-bond donors (Lipinski definition) is 3. The Balaban J connectivity index is 2.43. The van der Waals surface area contributed by atoms with Crippen LogP contribution >= 0.6 is 0 Å². The normalized spacial score (nSPS) is 35.9. The van der Waals surface area contributed by atoms with Crippen LogP contribution in [-0.2, 0) is 14.3 Å². The molecule has 2 rings (SSSR count). The zero-order valence-corrected chi connectivity index (χ0v) is 14.6. The van der Waals surface area contributed by atoms with Crippen molar-refractivity contribution >= 4 is 5.97 Å². The van der Waals surface area contributed by atoms with E-state index in [1.165, 1.54) is 6.92 Å². The first-order valence-corrected chi connectivity index (χ1v) is 8.01. The van der Waals surface area contributed by atoms with Crippen molar-refractivity contribution in [1.82, 2.24) is 0 Å². The maximum Gasteiger partial charge on any atom is 0.303 e. The lowest BCUT2D eigenvalue weighted by atomic mass is 9.73. The van der Waals surface area contributed by atoms with Crippen molar-refractivity contribution in [1.29, 1.82) is 0 Å². The molecule has 0 aromatic heterocycles. The molecule has 6 nitrogen and oxygen atoms in total. The van der Waals surface area contributed by atoms with Crippen molar-refractivity contribution in [3.05, 3.63) is 29.5 Å². The van der Waals surface area contributed by atoms with Crippen molar-refractivity contribution in [2.24, 2.45) is 0 Å². The topological polar surface area (TPSA) is 96.2 Å². The first kappa shape index (κ1) is 18.9. The second kappa shape index (κ2) is 6.47. The van der Waals surface area contributed by atoms with Gasteiger partial charge in [0, 0.05) is 25.3 Å². The monoisotopic (exact) mass is 338 g/mol. The van der Waals surface area contributed by atoms with Gasteiger partial charge in [-0.15, -0.1) is 5.73 Å². The molecule has 0 radical (unpaired) electrons. The first-order valence-electron chi connectivity index (χ1n) is 8.01. The molecule has 0 spiro atoms. The highest BCUT2D eigenvalue weighted by Crippen LogP contribution is 2.46. The molecule has 1 heterocycles. The van der Waals surface area contributed by atoms with E-state index in [4.69, 9.17) is 9.47 Å². The van der Waals surface area contributed by atoms with Crippen LogP contribution in [0.1, 0.15) is 40.5 Å². The molecule has 5 atom stereocenters. The minimum atomic E-state index is -1.57. The van der Waals surface area contributed by atoms with E-state index in [2.05, 4.69) is 12.3 Å². The molecule has 0 amide bonds. The second-order valence-electron chi connectivity index (χ2n) is 7.30. The van der Waals surface area contributed by atoms with Crippen molar-refractivity contribution in [3.8, 4) is 0 Å². The van der Waals surface area contributed by atoms with Crippen LogP contribution < -0.4 is 0 Å². The SMILES string of the molecule is C=C(C)C=C=C1C[C@@H]2O[C@@H](C(C)(C)O)C[C@@]2(O)[C@@H](OC(C)=O)[C@@H]1O. The number of ether oxygens (including phenoxy) is 2. The highest BCUT2D eigenvalue weighted by molar-refractivity contribution is 5.66. The highest BCUT2D eigenvalue weighted by atomic mass is 16.6. The molecule has 0 unspecified atom stereocenters. The van der Waals surface area contributed by atoms with Gasteiger partial charge in [0.1, 0.15) is 11.7 Å². The molecule has 134 valence electrons. The van der Waals surface area contributed by atoms with Gasteiger partial charge in [-0.2, -0.15) is 0 Å². The number of aliphatic hydroxyl groups excluding tert-OH is 1. The van der Waals surface area contributed by atoms with Gasteiger partial charge in [-0.25, -0.2) is 0 Å². The Morgan fingerprint density at radius 3 is 2.62 bits per heavy atom.